The highest BCUT2D eigenvalue weighted by Gasteiger charge is 2.34. The van der Waals surface area contributed by atoms with Gasteiger partial charge in [0.05, 0.1) is 12.0 Å². The van der Waals surface area contributed by atoms with Gasteiger partial charge in [-0.15, -0.1) is 0 Å². The van der Waals surface area contributed by atoms with Crippen molar-refractivity contribution in [2.24, 2.45) is 5.92 Å². The van der Waals surface area contributed by atoms with Crippen molar-refractivity contribution in [3.05, 3.63) is 35.4 Å². The fraction of sp³-hybridized carbons (Fsp3) is 0.462. The van der Waals surface area contributed by atoms with Gasteiger partial charge in [-0.3, -0.25) is 0 Å². The highest BCUT2D eigenvalue weighted by molar-refractivity contribution is 5.26. The first-order chi connectivity index (χ1) is 7.91. The molecule has 0 saturated carbocycles. The number of hydrogen-bond donors (Lipinski definition) is 1. The van der Waals surface area contributed by atoms with Gasteiger partial charge in [0.1, 0.15) is 17.2 Å². The van der Waals surface area contributed by atoms with E-state index in [-0.39, 0.29) is 5.56 Å². The predicted octanol–water partition coefficient (Wildman–Crippen LogP) is 3.11. The summed E-state index contributed by atoms with van der Waals surface area (Å²) in [5.41, 5.74) is -1.46. The molecule has 0 bridgehead atoms. The molecule has 92 valence electrons. The molecular formula is C13H15F2NO. The molecule has 0 aliphatic heterocycles. The first kappa shape index (κ1) is 13.6. The minimum absolute atomic E-state index is 0.0926. The largest absolute Gasteiger partial charge is 0.384 e. The molecule has 0 aromatic heterocycles. The Hall–Kier alpha value is -1.47. The van der Waals surface area contributed by atoms with E-state index in [0.717, 1.165) is 18.2 Å². The molecule has 4 heteroatoms. The highest BCUT2D eigenvalue weighted by atomic mass is 19.1. The van der Waals surface area contributed by atoms with Crippen molar-refractivity contribution in [1.29, 1.82) is 5.26 Å². The Kier molecular flexibility index (Phi) is 4.19. The third-order valence-corrected chi connectivity index (χ3v) is 2.86. The fourth-order valence-electron chi connectivity index (χ4n) is 1.81. The van der Waals surface area contributed by atoms with Gasteiger partial charge in [0, 0.05) is 6.07 Å². The summed E-state index contributed by atoms with van der Waals surface area (Å²) in [4.78, 5) is 0. The molecule has 0 aliphatic rings. The number of benzene rings is 1. The molecule has 1 aromatic rings. The lowest BCUT2D eigenvalue weighted by molar-refractivity contribution is 0.0125. The molecule has 0 fully saturated rings. The molecule has 0 amide bonds. The maximum absolute atomic E-state index is 13.1. The van der Waals surface area contributed by atoms with Crippen LogP contribution >= 0.6 is 0 Å². The summed E-state index contributed by atoms with van der Waals surface area (Å²) in [6.07, 6.45) is 1.19. The van der Waals surface area contributed by atoms with Crippen LogP contribution in [0.4, 0.5) is 8.78 Å². The Balaban J connectivity index is 3.15. The summed E-state index contributed by atoms with van der Waals surface area (Å²) in [6, 6.07) is 4.84. The molecule has 1 N–H and O–H groups in total. The highest BCUT2D eigenvalue weighted by Crippen LogP contribution is 2.32. The molecule has 0 saturated heterocycles. The lowest BCUT2D eigenvalue weighted by Gasteiger charge is -2.28. The van der Waals surface area contributed by atoms with Crippen LogP contribution in [0, 0.1) is 28.9 Å². The second-order valence-electron chi connectivity index (χ2n) is 4.28. The first-order valence-corrected chi connectivity index (χ1v) is 5.50. The van der Waals surface area contributed by atoms with E-state index in [0.29, 0.717) is 12.8 Å². The van der Waals surface area contributed by atoms with Gasteiger partial charge in [0.15, 0.2) is 0 Å². The molecule has 0 aliphatic carbocycles. The average molecular weight is 239 g/mol. The van der Waals surface area contributed by atoms with Crippen molar-refractivity contribution in [2.45, 2.75) is 32.3 Å². The summed E-state index contributed by atoms with van der Waals surface area (Å²) >= 11 is 0. The lowest BCUT2D eigenvalue weighted by Crippen LogP contribution is -2.31. The second kappa shape index (κ2) is 5.24. The van der Waals surface area contributed by atoms with Crippen LogP contribution in [0.25, 0.3) is 0 Å². The van der Waals surface area contributed by atoms with Crippen molar-refractivity contribution in [2.75, 3.05) is 0 Å². The van der Waals surface area contributed by atoms with Gasteiger partial charge >= 0.3 is 0 Å². The molecule has 1 rings (SSSR count). The van der Waals surface area contributed by atoms with E-state index in [2.05, 4.69) is 0 Å². The van der Waals surface area contributed by atoms with Gasteiger partial charge in [-0.05, 0) is 31.0 Å². The fourth-order valence-corrected chi connectivity index (χ4v) is 1.81. The molecule has 2 nitrogen and oxygen atoms in total. The number of nitrogens with zero attached hydrogens (tertiary/aromatic N) is 1. The molecule has 1 aromatic carbocycles. The molecular weight excluding hydrogens is 224 g/mol. The van der Waals surface area contributed by atoms with Crippen LogP contribution < -0.4 is 0 Å². The molecule has 17 heavy (non-hydrogen) atoms. The summed E-state index contributed by atoms with van der Waals surface area (Å²) < 4.78 is 26.2. The smallest absolute Gasteiger partial charge is 0.126 e. The van der Waals surface area contributed by atoms with Crippen LogP contribution in [0.5, 0.6) is 0 Å². The van der Waals surface area contributed by atoms with E-state index < -0.39 is 23.2 Å². The topological polar surface area (TPSA) is 44.0 Å². The van der Waals surface area contributed by atoms with Crippen LogP contribution in [0.3, 0.4) is 0 Å². The maximum Gasteiger partial charge on any atom is 0.126 e. The number of halogens is 2. The van der Waals surface area contributed by atoms with Gasteiger partial charge in [-0.2, -0.15) is 5.26 Å². The number of hydrogen-bond acceptors (Lipinski definition) is 2. The number of aliphatic hydroxyl groups is 1. The predicted molar refractivity (Wildman–Crippen MR) is 59.9 cm³/mol. The standard InChI is InChI=1S/C13H15F2NO/c1-3-4-9(8-16)13(2,17)10-5-11(14)7-12(15)6-10/h5-7,9,17H,3-4H2,1-2H3. The van der Waals surface area contributed by atoms with Crippen LogP contribution in [0.2, 0.25) is 0 Å². The maximum atomic E-state index is 13.1. The number of nitriles is 1. The van der Waals surface area contributed by atoms with Crippen LogP contribution in [0.1, 0.15) is 32.3 Å². The molecule has 0 heterocycles. The van der Waals surface area contributed by atoms with E-state index >= 15 is 0 Å². The lowest BCUT2D eigenvalue weighted by atomic mass is 9.81. The molecule has 2 atom stereocenters. The Morgan fingerprint density at radius 3 is 2.29 bits per heavy atom. The van der Waals surface area contributed by atoms with Crippen molar-refractivity contribution in [1.82, 2.24) is 0 Å². The Labute approximate surface area is 99.5 Å². The third kappa shape index (κ3) is 3.01. The minimum atomic E-state index is -1.55. The van der Waals surface area contributed by atoms with E-state index in [1.807, 2.05) is 13.0 Å². The summed E-state index contributed by atoms with van der Waals surface area (Å²) in [6.45, 7) is 3.29. The summed E-state index contributed by atoms with van der Waals surface area (Å²) in [5, 5.41) is 19.3. The third-order valence-electron chi connectivity index (χ3n) is 2.86. The van der Waals surface area contributed by atoms with E-state index in [1.54, 1.807) is 0 Å². The first-order valence-electron chi connectivity index (χ1n) is 5.50. The van der Waals surface area contributed by atoms with Crippen LogP contribution in [-0.2, 0) is 5.60 Å². The normalized spacial score (nSPS) is 16.0. The monoisotopic (exact) mass is 239 g/mol. The van der Waals surface area contributed by atoms with Gasteiger partial charge in [0.25, 0.3) is 0 Å². The molecule has 2 unspecified atom stereocenters. The van der Waals surface area contributed by atoms with Crippen LogP contribution in [0.15, 0.2) is 18.2 Å². The SMILES string of the molecule is CCCC(C#N)C(C)(O)c1cc(F)cc(F)c1. The second-order valence-corrected chi connectivity index (χ2v) is 4.28. The van der Waals surface area contributed by atoms with Gasteiger partial charge in [0.2, 0.25) is 0 Å². The zero-order valence-electron chi connectivity index (χ0n) is 9.87. The van der Waals surface area contributed by atoms with E-state index in [9.17, 15) is 13.9 Å². The van der Waals surface area contributed by atoms with Crippen molar-refractivity contribution < 1.29 is 13.9 Å². The van der Waals surface area contributed by atoms with Crippen molar-refractivity contribution >= 4 is 0 Å². The van der Waals surface area contributed by atoms with Crippen molar-refractivity contribution in [3.8, 4) is 6.07 Å². The zero-order chi connectivity index (χ0) is 13.1. The Morgan fingerprint density at radius 2 is 1.88 bits per heavy atom. The summed E-state index contributed by atoms with van der Waals surface area (Å²) in [5.74, 6) is -2.20. The van der Waals surface area contributed by atoms with E-state index in [4.69, 9.17) is 5.26 Å². The van der Waals surface area contributed by atoms with E-state index in [1.165, 1.54) is 6.92 Å². The Morgan fingerprint density at radius 1 is 1.35 bits per heavy atom. The number of rotatable bonds is 4. The minimum Gasteiger partial charge on any atom is -0.384 e. The van der Waals surface area contributed by atoms with Gasteiger partial charge in [-0.25, -0.2) is 8.78 Å². The molecule has 0 spiro atoms. The Bertz CT molecular complexity index is 417. The zero-order valence-corrected chi connectivity index (χ0v) is 9.87. The molecule has 0 radical (unpaired) electrons. The average Bonchev–Trinajstić information content (AvgIpc) is 2.24. The van der Waals surface area contributed by atoms with Crippen LogP contribution in [-0.4, -0.2) is 5.11 Å². The van der Waals surface area contributed by atoms with Gasteiger partial charge in [-0.1, -0.05) is 13.3 Å². The quantitative estimate of drug-likeness (QED) is 0.877. The van der Waals surface area contributed by atoms with Crippen molar-refractivity contribution in [3.63, 3.8) is 0 Å². The van der Waals surface area contributed by atoms with Gasteiger partial charge < -0.3 is 5.11 Å². The summed E-state index contributed by atoms with van der Waals surface area (Å²) in [7, 11) is 0.